The van der Waals surface area contributed by atoms with Gasteiger partial charge in [-0.25, -0.2) is 14.0 Å². The van der Waals surface area contributed by atoms with Crippen molar-refractivity contribution in [2.75, 3.05) is 39.3 Å². The van der Waals surface area contributed by atoms with Crippen molar-refractivity contribution < 1.29 is 18.7 Å². The van der Waals surface area contributed by atoms with Gasteiger partial charge < -0.3 is 25.2 Å². The van der Waals surface area contributed by atoms with E-state index < -0.39 is 5.82 Å². The predicted molar refractivity (Wildman–Crippen MR) is 94.6 cm³/mol. The first-order valence-electron chi connectivity index (χ1n) is 9.10. The Balaban J connectivity index is 1.36. The fourth-order valence-electron chi connectivity index (χ4n) is 3.37. The predicted octanol–water partition coefficient (Wildman–Crippen LogP) is 1.79. The molecule has 26 heavy (non-hydrogen) atoms. The zero-order valence-electron chi connectivity index (χ0n) is 14.7. The van der Waals surface area contributed by atoms with Gasteiger partial charge in [-0.1, -0.05) is 12.1 Å². The number of amides is 4. The van der Waals surface area contributed by atoms with E-state index in [4.69, 9.17) is 4.74 Å². The van der Waals surface area contributed by atoms with E-state index in [2.05, 4.69) is 10.6 Å². The molecule has 2 N–H and O–H groups in total. The van der Waals surface area contributed by atoms with Crippen LogP contribution in [0.2, 0.25) is 0 Å². The van der Waals surface area contributed by atoms with Gasteiger partial charge in [0, 0.05) is 32.2 Å². The summed E-state index contributed by atoms with van der Waals surface area (Å²) in [5.74, 6) is -0.231. The number of benzene rings is 1. The number of hydrogen-bond donors (Lipinski definition) is 2. The monoisotopic (exact) mass is 364 g/mol. The van der Waals surface area contributed by atoms with Crippen molar-refractivity contribution in [3.63, 3.8) is 0 Å². The molecule has 8 heteroatoms. The van der Waals surface area contributed by atoms with Crippen LogP contribution >= 0.6 is 0 Å². The van der Waals surface area contributed by atoms with Gasteiger partial charge in [0.1, 0.15) is 6.61 Å². The molecule has 0 saturated carbocycles. The molecule has 1 aromatic carbocycles. The normalized spacial score (nSPS) is 18.4. The number of nitrogens with zero attached hydrogens (tertiary/aromatic N) is 2. The van der Waals surface area contributed by atoms with Crippen molar-refractivity contribution in [2.24, 2.45) is 0 Å². The number of piperidine rings is 1. The van der Waals surface area contributed by atoms with Crippen molar-refractivity contribution in [3.05, 3.63) is 30.1 Å². The van der Waals surface area contributed by atoms with Gasteiger partial charge in [-0.3, -0.25) is 0 Å². The average Bonchev–Trinajstić information content (AvgIpc) is 2.67. The number of hydrogen-bond acceptors (Lipinski definition) is 3. The van der Waals surface area contributed by atoms with E-state index in [1.54, 1.807) is 23.1 Å². The lowest BCUT2D eigenvalue weighted by Crippen LogP contribution is -2.55. The second-order valence-electron chi connectivity index (χ2n) is 6.51. The molecular weight excluding hydrogens is 339 g/mol. The Morgan fingerprint density at radius 3 is 2.77 bits per heavy atom. The summed E-state index contributed by atoms with van der Waals surface area (Å²) in [6, 6.07) is 6.24. The summed E-state index contributed by atoms with van der Waals surface area (Å²) >= 11 is 0. The molecule has 2 saturated heterocycles. The second kappa shape index (κ2) is 8.73. The molecule has 7 nitrogen and oxygen atoms in total. The van der Waals surface area contributed by atoms with Crippen molar-refractivity contribution in [1.29, 1.82) is 0 Å². The molecule has 0 radical (unpaired) electrons. The summed E-state index contributed by atoms with van der Waals surface area (Å²) in [7, 11) is 0. The van der Waals surface area contributed by atoms with Gasteiger partial charge in [0.2, 0.25) is 0 Å². The van der Waals surface area contributed by atoms with E-state index in [9.17, 15) is 14.0 Å². The van der Waals surface area contributed by atoms with Gasteiger partial charge in [0.25, 0.3) is 0 Å². The summed E-state index contributed by atoms with van der Waals surface area (Å²) in [6.07, 6.45) is 2.54. The molecule has 0 atom stereocenters. The van der Waals surface area contributed by atoms with Crippen LogP contribution in [0.15, 0.2) is 24.3 Å². The van der Waals surface area contributed by atoms with Crippen LogP contribution in [0.4, 0.5) is 14.0 Å². The zero-order chi connectivity index (χ0) is 18.4. The van der Waals surface area contributed by atoms with Crippen molar-refractivity contribution in [1.82, 2.24) is 20.4 Å². The third-order valence-corrected chi connectivity index (χ3v) is 4.78. The number of para-hydroxylation sites is 1. The highest BCUT2D eigenvalue weighted by molar-refractivity contribution is 5.76. The molecule has 2 heterocycles. The van der Waals surface area contributed by atoms with E-state index in [1.165, 1.54) is 6.07 Å². The maximum atomic E-state index is 13.4. The van der Waals surface area contributed by atoms with Crippen LogP contribution in [-0.4, -0.2) is 67.2 Å². The largest absolute Gasteiger partial charge is 0.489 e. The average molecular weight is 364 g/mol. The fraction of sp³-hybridized carbons (Fsp3) is 0.556. The summed E-state index contributed by atoms with van der Waals surface area (Å²) in [6.45, 7) is 3.28. The molecule has 0 aliphatic carbocycles. The van der Waals surface area contributed by atoms with E-state index in [-0.39, 0.29) is 30.5 Å². The molecule has 3 rings (SSSR count). The fourth-order valence-corrected chi connectivity index (χ4v) is 3.37. The van der Waals surface area contributed by atoms with Gasteiger partial charge in [-0.2, -0.15) is 0 Å². The molecule has 0 bridgehead atoms. The van der Waals surface area contributed by atoms with E-state index in [0.717, 1.165) is 32.4 Å². The van der Waals surface area contributed by atoms with Gasteiger partial charge in [0.05, 0.1) is 6.54 Å². The highest BCUT2D eigenvalue weighted by atomic mass is 19.1. The Kier molecular flexibility index (Phi) is 6.14. The topological polar surface area (TPSA) is 73.9 Å². The van der Waals surface area contributed by atoms with Crippen molar-refractivity contribution in [3.8, 4) is 5.75 Å². The van der Waals surface area contributed by atoms with E-state index in [1.807, 2.05) is 4.90 Å². The Bertz CT molecular complexity index is 635. The van der Waals surface area contributed by atoms with E-state index >= 15 is 0 Å². The summed E-state index contributed by atoms with van der Waals surface area (Å²) in [5, 5.41) is 5.66. The van der Waals surface area contributed by atoms with Gasteiger partial charge in [0.15, 0.2) is 11.6 Å². The number of urea groups is 2. The Hall–Kier alpha value is -2.51. The SMILES string of the molecule is O=C(NCCOc1ccccc1F)N1CCC(N2CCCNC2=O)CC1. The summed E-state index contributed by atoms with van der Waals surface area (Å²) in [5.41, 5.74) is 0. The van der Waals surface area contributed by atoms with Crippen molar-refractivity contribution >= 4 is 12.1 Å². The molecular formula is C18H25FN4O3. The lowest BCUT2D eigenvalue weighted by molar-refractivity contribution is 0.118. The number of nitrogens with one attached hydrogen (secondary N) is 2. The smallest absolute Gasteiger partial charge is 0.317 e. The van der Waals surface area contributed by atoms with Crippen LogP contribution in [0.3, 0.4) is 0 Å². The van der Waals surface area contributed by atoms with Crippen LogP contribution in [0.25, 0.3) is 0 Å². The molecule has 142 valence electrons. The number of halogens is 1. The van der Waals surface area contributed by atoms with E-state index in [0.29, 0.717) is 19.6 Å². The molecule has 2 aliphatic rings. The molecule has 4 amide bonds. The number of ether oxygens (including phenoxy) is 1. The number of likely N-dealkylation sites (tertiary alicyclic amines) is 1. The maximum Gasteiger partial charge on any atom is 0.317 e. The quantitative estimate of drug-likeness (QED) is 0.783. The Morgan fingerprint density at radius 1 is 1.27 bits per heavy atom. The van der Waals surface area contributed by atoms with Gasteiger partial charge in [-0.05, 0) is 31.4 Å². The van der Waals surface area contributed by atoms with Crippen LogP contribution in [0, 0.1) is 5.82 Å². The molecule has 0 spiro atoms. The second-order valence-corrected chi connectivity index (χ2v) is 6.51. The van der Waals surface area contributed by atoms with Crippen LogP contribution in [0.1, 0.15) is 19.3 Å². The first-order chi connectivity index (χ1) is 12.6. The number of carbonyl (C=O) groups is 2. The highest BCUT2D eigenvalue weighted by Gasteiger charge is 2.30. The molecule has 1 aromatic rings. The Labute approximate surface area is 152 Å². The lowest BCUT2D eigenvalue weighted by atomic mass is 10.0. The minimum atomic E-state index is -0.414. The Morgan fingerprint density at radius 2 is 2.04 bits per heavy atom. The van der Waals surface area contributed by atoms with Crippen LogP contribution < -0.4 is 15.4 Å². The minimum Gasteiger partial charge on any atom is -0.489 e. The van der Waals surface area contributed by atoms with Crippen LogP contribution in [-0.2, 0) is 0 Å². The van der Waals surface area contributed by atoms with Gasteiger partial charge >= 0.3 is 12.1 Å². The third-order valence-electron chi connectivity index (χ3n) is 4.78. The molecule has 0 unspecified atom stereocenters. The number of carbonyl (C=O) groups excluding carboxylic acids is 2. The zero-order valence-corrected chi connectivity index (χ0v) is 14.7. The third kappa shape index (κ3) is 4.56. The molecule has 2 fully saturated rings. The first-order valence-corrected chi connectivity index (χ1v) is 9.10. The first kappa shape index (κ1) is 18.3. The minimum absolute atomic E-state index is 0.00412. The van der Waals surface area contributed by atoms with Gasteiger partial charge in [-0.15, -0.1) is 0 Å². The number of rotatable bonds is 5. The summed E-state index contributed by atoms with van der Waals surface area (Å²) < 4.78 is 18.8. The standard InChI is InChI=1S/C18H25FN4O3/c19-15-4-1-2-5-16(15)26-13-9-21-17(24)22-11-6-14(7-12-22)23-10-3-8-20-18(23)25/h1-2,4-5,14H,3,6-13H2,(H,20,25)(H,21,24). The summed E-state index contributed by atoms with van der Waals surface area (Å²) in [4.78, 5) is 27.8. The van der Waals surface area contributed by atoms with Crippen molar-refractivity contribution in [2.45, 2.75) is 25.3 Å². The molecule has 0 aromatic heterocycles. The highest BCUT2D eigenvalue weighted by Crippen LogP contribution is 2.18. The molecule has 2 aliphatic heterocycles. The maximum absolute atomic E-state index is 13.4. The lowest BCUT2D eigenvalue weighted by Gasteiger charge is -2.40. The van der Waals surface area contributed by atoms with Crippen LogP contribution in [0.5, 0.6) is 5.75 Å².